The van der Waals surface area contributed by atoms with Crippen LogP contribution in [0.2, 0.25) is 10.0 Å². The number of hydrogen-bond donors (Lipinski definition) is 1. The van der Waals surface area contributed by atoms with Crippen molar-refractivity contribution < 1.29 is 28.6 Å². The van der Waals surface area contributed by atoms with Gasteiger partial charge in [0.2, 0.25) is 0 Å². The molecule has 0 spiro atoms. The number of Topliss-reactive ketones (excluding diaryl/α,β-unsaturated/α-hetero) is 1. The molecule has 1 saturated heterocycles. The Hall–Kier alpha value is -3.42. The van der Waals surface area contributed by atoms with Gasteiger partial charge in [-0.05, 0) is 42.0 Å². The van der Waals surface area contributed by atoms with Crippen LogP contribution in [0.15, 0.2) is 64.8 Å². The van der Waals surface area contributed by atoms with Crippen molar-refractivity contribution in [1.82, 2.24) is 4.90 Å². The Morgan fingerprint density at radius 3 is 2.55 bits per heavy atom. The second kappa shape index (κ2) is 9.21. The van der Waals surface area contributed by atoms with Crippen LogP contribution in [0.5, 0.6) is 11.5 Å². The minimum atomic E-state index is -0.923. The molecule has 0 bridgehead atoms. The fraction of sp³-hybridized carbons (Fsp3) is 0.167. The Balaban J connectivity index is 1.95. The number of methoxy groups -OCH3 is 2. The van der Waals surface area contributed by atoms with Gasteiger partial charge in [-0.3, -0.25) is 9.59 Å². The van der Waals surface area contributed by atoms with Crippen molar-refractivity contribution >= 4 is 40.7 Å². The van der Waals surface area contributed by atoms with Crippen LogP contribution >= 0.6 is 23.2 Å². The molecule has 1 aromatic heterocycles. The van der Waals surface area contributed by atoms with Gasteiger partial charge in [0.1, 0.15) is 23.0 Å². The summed E-state index contributed by atoms with van der Waals surface area (Å²) < 4.78 is 16.0. The van der Waals surface area contributed by atoms with Crippen molar-refractivity contribution in [1.29, 1.82) is 0 Å². The molecule has 1 aliphatic heterocycles. The van der Waals surface area contributed by atoms with Crippen LogP contribution in [-0.4, -0.2) is 35.9 Å². The normalized spacial score (nSPS) is 17.5. The molecule has 1 aliphatic rings. The van der Waals surface area contributed by atoms with Gasteiger partial charge in [-0.25, -0.2) is 0 Å². The Kier molecular flexibility index (Phi) is 6.35. The van der Waals surface area contributed by atoms with Gasteiger partial charge in [-0.1, -0.05) is 35.3 Å². The quantitative estimate of drug-likeness (QED) is 0.291. The first-order valence-corrected chi connectivity index (χ1v) is 10.6. The molecule has 1 unspecified atom stereocenters. The van der Waals surface area contributed by atoms with Gasteiger partial charge in [-0.15, -0.1) is 0 Å². The van der Waals surface area contributed by atoms with E-state index in [0.717, 1.165) is 0 Å². The van der Waals surface area contributed by atoms with Gasteiger partial charge < -0.3 is 23.9 Å². The Bertz CT molecular complexity index is 1250. The van der Waals surface area contributed by atoms with Crippen molar-refractivity contribution in [3.8, 4) is 11.5 Å². The second-order valence-corrected chi connectivity index (χ2v) is 8.10. The largest absolute Gasteiger partial charge is 0.507 e. The van der Waals surface area contributed by atoms with Crippen LogP contribution in [-0.2, 0) is 16.1 Å². The van der Waals surface area contributed by atoms with E-state index < -0.39 is 23.5 Å². The van der Waals surface area contributed by atoms with E-state index in [9.17, 15) is 14.7 Å². The molecule has 170 valence electrons. The zero-order chi connectivity index (χ0) is 23.7. The van der Waals surface area contributed by atoms with Crippen molar-refractivity contribution in [2.45, 2.75) is 12.6 Å². The van der Waals surface area contributed by atoms with Crippen molar-refractivity contribution in [3.63, 3.8) is 0 Å². The zero-order valence-corrected chi connectivity index (χ0v) is 19.2. The lowest BCUT2D eigenvalue weighted by Crippen LogP contribution is -2.29. The van der Waals surface area contributed by atoms with Gasteiger partial charge in [0.15, 0.2) is 0 Å². The van der Waals surface area contributed by atoms with E-state index in [2.05, 4.69) is 0 Å². The minimum absolute atomic E-state index is 0.0175. The molecule has 33 heavy (non-hydrogen) atoms. The molecule has 1 amide bonds. The second-order valence-electron chi connectivity index (χ2n) is 7.25. The Morgan fingerprint density at radius 2 is 1.88 bits per heavy atom. The number of halogens is 2. The molecule has 2 aromatic carbocycles. The number of aliphatic hydroxyl groups is 1. The summed E-state index contributed by atoms with van der Waals surface area (Å²) in [5.41, 5.74) is 0.532. The maximum Gasteiger partial charge on any atom is 0.296 e. The summed E-state index contributed by atoms with van der Waals surface area (Å²) >= 11 is 12.4. The van der Waals surface area contributed by atoms with Crippen LogP contribution in [0.1, 0.15) is 22.9 Å². The van der Waals surface area contributed by atoms with Crippen LogP contribution in [0.4, 0.5) is 0 Å². The SMILES string of the molecule is COc1cccc(C2/C(=C(\O)c3cc(Cl)cc(Cl)c3OC)C(=O)C(=O)N2Cc2ccco2)c1. The number of ketones is 1. The maximum absolute atomic E-state index is 13.2. The molecule has 1 N–H and O–H groups in total. The van der Waals surface area contributed by atoms with E-state index in [1.165, 1.54) is 37.5 Å². The van der Waals surface area contributed by atoms with Crippen LogP contribution in [0.3, 0.4) is 0 Å². The molecule has 4 rings (SSSR count). The lowest BCUT2D eigenvalue weighted by Gasteiger charge is -2.25. The van der Waals surface area contributed by atoms with Crippen molar-refractivity contribution in [3.05, 3.63) is 87.3 Å². The summed E-state index contributed by atoms with van der Waals surface area (Å²) in [5.74, 6) is -0.963. The number of amides is 1. The topological polar surface area (TPSA) is 89.2 Å². The summed E-state index contributed by atoms with van der Waals surface area (Å²) in [6.45, 7) is 0.0175. The van der Waals surface area contributed by atoms with E-state index in [4.69, 9.17) is 37.1 Å². The predicted molar refractivity (Wildman–Crippen MR) is 123 cm³/mol. The van der Waals surface area contributed by atoms with E-state index in [0.29, 0.717) is 17.1 Å². The Morgan fingerprint density at radius 1 is 1.09 bits per heavy atom. The monoisotopic (exact) mass is 487 g/mol. The molecule has 0 aliphatic carbocycles. The fourth-order valence-electron chi connectivity index (χ4n) is 3.86. The highest BCUT2D eigenvalue weighted by atomic mass is 35.5. The smallest absolute Gasteiger partial charge is 0.296 e. The van der Waals surface area contributed by atoms with Gasteiger partial charge in [0.25, 0.3) is 11.7 Å². The fourth-order valence-corrected chi connectivity index (χ4v) is 4.43. The summed E-state index contributed by atoms with van der Waals surface area (Å²) in [6, 6.07) is 12.2. The first-order chi connectivity index (χ1) is 15.8. The highest BCUT2D eigenvalue weighted by Crippen LogP contribution is 2.44. The van der Waals surface area contributed by atoms with E-state index in [1.54, 1.807) is 36.4 Å². The van der Waals surface area contributed by atoms with Crippen LogP contribution in [0, 0.1) is 0 Å². The number of ether oxygens (including phenoxy) is 2. The lowest BCUT2D eigenvalue weighted by molar-refractivity contribution is -0.140. The number of hydrogen-bond acceptors (Lipinski definition) is 6. The summed E-state index contributed by atoms with van der Waals surface area (Å²) in [7, 11) is 2.89. The molecule has 2 heterocycles. The van der Waals surface area contributed by atoms with Gasteiger partial charge in [0.05, 0.1) is 49.2 Å². The number of rotatable bonds is 6. The van der Waals surface area contributed by atoms with E-state index >= 15 is 0 Å². The standard InChI is InChI=1S/C24H19Cl2NO6/c1-31-15-6-3-5-13(9-15)20-19(21(28)17-10-14(25)11-18(26)23(17)32-2)22(29)24(30)27(20)12-16-7-4-8-33-16/h3-11,20,28H,12H2,1-2H3/b21-19+. The molecule has 0 radical (unpaired) electrons. The Labute approximate surface area is 199 Å². The third-order valence-electron chi connectivity index (χ3n) is 5.32. The maximum atomic E-state index is 13.2. The number of carbonyl (C=O) groups excluding carboxylic acids is 2. The summed E-state index contributed by atoms with van der Waals surface area (Å²) in [5, 5.41) is 11.7. The van der Waals surface area contributed by atoms with Gasteiger partial charge >= 0.3 is 0 Å². The molecule has 7 nitrogen and oxygen atoms in total. The first-order valence-electron chi connectivity index (χ1n) is 9.83. The number of nitrogens with zero attached hydrogens (tertiary/aromatic N) is 1. The number of furan rings is 1. The first kappa shape index (κ1) is 22.8. The minimum Gasteiger partial charge on any atom is -0.507 e. The average Bonchev–Trinajstić information content (AvgIpc) is 3.40. The molecule has 1 fully saturated rings. The molecule has 3 aromatic rings. The van der Waals surface area contributed by atoms with Crippen LogP contribution in [0.25, 0.3) is 5.76 Å². The van der Waals surface area contributed by atoms with E-state index in [-0.39, 0.29) is 33.5 Å². The lowest BCUT2D eigenvalue weighted by atomic mass is 9.94. The third kappa shape index (κ3) is 4.17. The molecule has 1 atom stereocenters. The average molecular weight is 488 g/mol. The highest BCUT2D eigenvalue weighted by Gasteiger charge is 2.46. The molecular weight excluding hydrogens is 469 g/mol. The van der Waals surface area contributed by atoms with Crippen LogP contribution < -0.4 is 9.47 Å². The number of carbonyl (C=O) groups is 2. The summed E-state index contributed by atoms with van der Waals surface area (Å²) in [6.07, 6.45) is 1.48. The highest BCUT2D eigenvalue weighted by molar-refractivity contribution is 6.46. The number of likely N-dealkylation sites (tertiary alicyclic amines) is 1. The van der Waals surface area contributed by atoms with Crippen molar-refractivity contribution in [2.75, 3.05) is 14.2 Å². The number of benzene rings is 2. The molecule has 9 heteroatoms. The van der Waals surface area contributed by atoms with E-state index in [1.807, 2.05) is 0 Å². The van der Waals surface area contributed by atoms with Gasteiger partial charge in [0, 0.05) is 5.02 Å². The molecule has 0 saturated carbocycles. The number of aliphatic hydroxyl groups excluding tert-OH is 1. The van der Waals surface area contributed by atoms with Gasteiger partial charge in [-0.2, -0.15) is 0 Å². The third-order valence-corrected chi connectivity index (χ3v) is 5.82. The molecular formula is C24H19Cl2NO6. The van der Waals surface area contributed by atoms with Crippen molar-refractivity contribution in [2.24, 2.45) is 0 Å². The summed E-state index contributed by atoms with van der Waals surface area (Å²) in [4.78, 5) is 27.6. The zero-order valence-electron chi connectivity index (χ0n) is 17.7. The predicted octanol–water partition coefficient (Wildman–Crippen LogP) is 5.23.